The zero-order valence-electron chi connectivity index (χ0n) is 11.6. The van der Waals surface area contributed by atoms with Crippen molar-refractivity contribution in [1.29, 1.82) is 0 Å². The van der Waals surface area contributed by atoms with Gasteiger partial charge in [-0.15, -0.1) is 0 Å². The molecule has 0 aromatic rings. The molecular formula is C13H16O7. The van der Waals surface area contributed by atoms with Gasteiger partial charge in [0.2, 0.25) is 0 Å². The first-order chi connectivity index (χ1) is 9.43. The number of rotatable bonds is 6. The largest absolute Gasteiger partial charge is 0.465 e. The Kier molecular flexibility index (Phi) is 5.42. The highest BCUT2D eigenvalue weighted by Gasteiger charge is 2.44. The van der Waals surface area contributed by atoms with E-state index in [0.717, 1.165) is 0 Å². The molecule has 1 aliphatic rings. The summed E-state index contributed by atoms with van der Waals surface area (Å²) < 4.78 is 14.0. The monoisotopic (exact) mass is 284 g/mol. The van der Waals surface area contributed by atoms with Gasteiger partial charge in [-0.25, -0.2) is 9.59 Å². The molecule has 1 atom stereocenters. The van der Waals surface area contributed by atoms with E-state index < -0.39 is 29.8 Å². The lowest BCUT2D eigenvalue weighted by Crippen LogP contribution is -2.32. The number of ether oxygens (including phenoxy) is 3. The fourth-order valence-electron chi connectivity index (χ4n) is 1.66. The predicted octanol–water partition coefficient (Wildman–Crippen LogP) is 0.519. The summed E-state index contributed by atoms with van der Waals surface area (Å²) in [6.07, 6.45) is 0.558. The zero-order chi connectivity index (χ0) is 15.3. The maximum Gasteiger partial charge on any atom is 0.343 e. The zero-order valence-corrected chi connectivity index (χ0v) is 11.6. The van der Waals surface area contributed by atoms with E-state index in [9.17, 15) is 19.2 Å². The SMILES string of the molecule is CCCOC(=O)C(C(=O)OCC)C1=C(C)C(=O)OC1=O. The summed E-state index contributed by atoms with van der Waals surface area (Å²) in [6.45, 7) is 4.79. The maximum atomic E-state index is 11.9. The van der Waals surface area contributed by atoms with Crippen LogP contribution in [0.4, 0.5) is 0 Å². The quantitative estimate of drug-likeness (QED) is 0.398. The van der Waals surface area contributed by atoms with Gasteiger partial charge in [0.05, 0.1) is 18.8 Å². The molecule has 0 amide bonds. The average Bonchev–Trinajstić information content (AvgIpc) is 2.63. The van der Waals surface area contributed by atoms with E-state index >= 15 is 0 Å². The van der Waals surface area contributed by atoms with Crippen LogP contribution in [0.3, 0.4) is 0 Å². The van der Waals surface area contributed by atoms with Crippen molar-refractivity contribution in [2.45, 2.75) is 27.2 Å². The molecule has 20 heavy (non-hydrogen) atoms. The number of carbonyl (C=O) groups excluding carboxylic acids is 4. The van der Waals surface area contributed by atoms with Crippen LogP contribution in [0.1, 0.15) is 27.2 Å². The van der Waals surface area contributed by atoms with Crippen molar-refractivity contribution < 1.29 is 33.4 Å². The van der Waals surface area contributed by atoms with E-state index in [1.807, 2.05) is 0 Å². The summed E-state index contributed by atoms with van der Waals surface area (Å²) in [5.41, 5.74) is -0.393. The second-order valence-electron chi connectivity index (χ2n) is 4.07. The van der Waals surface area contributed by atoms with E-state index in [1.165, 1.54) is 6.92 Å². The Morgan fingerprint density at radius 3 is 2.15 bits per heavy atom. The molecule has 0 aromatic heterocycles. The molecule has 0 saturated carbocycles. The van der Waals surface area contributed by atoms with Gasteiger partial charge in [-0.1, -0.05) is 6.92 Å². The predicted molar refractivity (Wildman–Crippen MR) is 65.2 cm³/mol. The molecule has 0 radical (unpaired) electrons. The van der Waals surface area contributed by atoms with Crippen LogP contribution in [0.2, 0.25) is 0 Å². The van der Waals surface area contributed by atoms with Gasteiger partial charge >= 0.3 is 23.9 Å². The molecule has 1 aliphatic heterocycles. The first kappa shape index (κ1) is 15.9. The Morgan fingerprint density at radius 2 is 1.70 bits per heavy atom. The van der Waals surface area contributed by atoms with Gasteiger partial charge in [0.1, 0.15) is 0 Å². The molecule has 0 N–H and O–H groups in total. The van der Waals surface area contributed by atoms with E-state index in [4.69, 9.17) is 9.47 Å². The third-order valence-corrected chi connectivity index (χ3v) is 2.61. The van der Waals surface area contributed by atoms with Crippen molar-refractivity contribution in [1.82, 2.24) is 0 Å². The second-order valence-corrected chi connectivity index (χ2v) is 4.07. The minimum absolute atomic E-state index is 0.0334. The lowest BCUT2D eigenvalue weighted by Gasteiger charge is -2.14. The minimum Gasteiger partial charge on any atom is -0.465 e. The molecule has 1 heterocycles. The molecule has 0 aromatic carbocycles. The molecule has 0 saturated heterocycles. The second kappa shape index (κ2) is 6.83. The Morgan fingerprint density at radius 1 is 1.10 bits per heavy atom. The fraction of sp³-hybridized carbons (Fsp3) is 0.538. The van der Waals surface area contributed by atoms with E-state index in [2.05, 4.69) is 4.74 Å². The molecule has 0 fully saturated rings. The Bertz CT molecular complexity index is 475. The molecule has 7 heteroatoms. The number of cyclic esters (lactones) is 2. The van der Waals surface area contributed by atoms with Crippen LogP contribution >= 0.6 is 0 Å². The molecule has 1 rings (SSSR count). The highest BCUT2D eigenvalue weighted by molar-refractivity contribution is 6.18. The van der Waals surface area contributed by atoms with Gasteiger partial charge < -0.3 is 14.2 Å². The number of hydrogen-bond donors (Lipinski definition) is 0. The molecule has 110 valence electrons. The smallest absolute Gasteiger partial charge is 0.343 e. The highest BCUT2D eigenvalue weighted by Crippen LogP contribution is 2.26. The van der Waals surface area contributed by atoms with Crippen LogP contribution < -0.4 is 0 Å². The van der Waals surface area contributed by atoms with Crippen molar-refractivity contribution in [3.63, 3.8) is 0 Å². The number of hydrogen-bond acceptors (Lipinski definition) is 7. The van der Waals surface area contributed by atoms with Crippen molar-refractivity contribution in [3.8, 4) is 0 Å². The summed E-state index contributed by atoms with van der Waals surface area (Å²) >= 11 is 0. The van der Waals surface area contributed by atoms with Crippen LogP contribution in [0.15, 0.2) is 11.1 Å². The van der Waals surface area contributed by atoms with Crippen molar-refractivity contribution in [3.05, 3.63) is 11.1 Å². The van der Waals surface area contributed by atoms with Crippen LogP contribution in [-0.4, -0.2) is 37.1 Å². The summed E-state index contributed by atoms with van der Waals surface area (Å²) in [6, 6.07) is 0. The molecule has 0 bridgehead atoms. The molecule has 0 spiro atoms. The third kappa shape index (κ3) is 3.23. The van der Waals surface area contributed by atoms with Gasteiger partial charge in [-0.3, -0.25) is 9.59 Å². The lowest BCUT2D eigenvalue weighted by molar-refractivity contribution is -0.162. The van der Waals surface area contributed by atoms with E-state index in [-0.39, 0.29) is 24.4 Å². The van der Waals surface area contributed by atoms with Gasteiger partial charge in [0, 0.05) is 5.57 Å². The molecule has 7 nitrogen and oxygen atoms in total. The highest BCUT2D eigenvalue weighted by atomic mass is 16.6. The standard InChI is InChI=1S/C13H16O7/c1-4-6-19-12(16)9(11(15)18-5-2)8-7(3)10(14)20-13(8)17/h9H,4-6H2,1-3H3. The normalized spacial score (nSPS) is 15.9. The van der Waals surface area contributed by atoms with Crippen molar-refractivity contribution in [2.24, 2.45) is 5.92 Å². The Hall–Kier alpha value is -2.18. The van der Waals surface area contributed by atoms with Crippen molar-refractivity contribution >= 4 is 23.9 Å². The van der Waals surface area contributed by atoms with Gasteiger partial charge in [-0.2, -0.15) is 0 Å². The van der Waals surface area contributed by atoms with Gasteiger partial charge in [0.15, 0.2) is 5.92 Å². The number of esters is 4. The lowest BCUT2D eigenvalue weighted by atomic mass is 9.96. The van der Waals surface area contributed by atoms with E-state index in [0.29, 0.717) is 6.42 Å². The van der Waals surface area contributed by atoms with Gasteiger partial charge in [-0.05, 0) is 20.3 Å². The van der Waals surface area contributed by atoms with Crippen LogP contribution in [0, 0.1) is 5.92 Å². The van der Waals surface area contributed by atoms with Crippen molar-refractivity contribution in [2.75, 3.05) is 13.2 Å². The minimum atomic E-state index is -1.58. The first-order valence-electron chi connectivity index (χ1n) is 6.24. The van der Waals surface area contributed by atoms with Gasteiger partial charge in [0.25, 0.3) is 0 Å². The maximum absolute atomic E-state index is 11.9. The van der Waals surface area contributed by atoms with Crippen LogP contribution in [-0.2, 0) is 33.4 Å². The summed E-state index contributed by atoms with van der Waals surface area (Å²) in [5, 5.41) is 0. The summed E-state index contributed by atoms with van der Waals surface area (Å²) in [7, 11) is 0. The fourth-order valence-corrected chi connectivity index (χ4v) is 1.66. The molecule has 1 unspecified atom stereocenters. The Labute approximate surface area is 115 Å². The number of carbonyl (C=O) groups is 4. The van der Waals surface area contributed by atoms with Crippen LogP contribution in [0.25, 0.3) is 0 Å². The molecular weight excluding hydrogens is 268 g/mol. The summed E-state index contributed by atoms with van der Waals surface area (Å²) in [5.74, 6) is -5.33. The topological polar surface area (TPSA) is 96.0 Å². The first-order valence-corrected chi connectivity index (χ1v) is 6.24. The average molecular weight is 284 g/mol. The third-order valence-electron chi connectivity index (χ3n) is 2.61. The van der Waals surface area contributed by atoms with Crippen LogP contribution in [0.5, 0.6) is 0 Å². The summed E-state index contributed by atoms with van der Waals surface area (Å²) in [4.78, 5) is 46.7. The molecule has 0 aliphatic carbocycles. The Balaban J connectivity index is 3.11. The van der Waals surface area contributed by atoms with E-state index in [1.54, 1.807) is 13.8 Å².